The standard InChI is InChI=1S/C29H35N5O3/c1-19-17-32(27(36)16-9-22-7-5-4-6-8-22)18-25-14-15-26(33(19)25)29(37)34(31)28(21(3)35)24-12-10-23(11-13-24)20(2)30/h4-8,10-13,25-26,28,30H,1,9,14-18,31H2,2-3H3. The number of hydrogen-bond acceptors (Lipinski definition) is 6. The Kier molecular flexibility index (Phi) is 7.88. The summed E-state index contributed by atoms with van der Waals surface area (Å²) in [5, 5.41) is 8.83. The van der Waals surface area contributed by atoms with Crippen molar-refractivity contribution in [2.24, 2.45) is 5.84 Å². The second-order valence-electron chi connectivity index (χ2n) is 9.99. The van der Waals surface area contributed by atoms with Crippen LogP contribution in [-0.4, -0.2) is 63.3 Å². The van der Waals surface area contributed by atoms with Crippen LogP contribution in [-0.2, 0) is 20.8 Å². The van der Waals surface area contributed by atoms with Crippen molar-refractivity contribution in [2.75, 3.05) is 13.1 Å². The van der Waals surface area contributed by atoms with Crippen LogP contribution in [0.3, 0.4) is 0 Å². The highest BCUT2D eigenvalue weighted by atomic mass is 16.2. The quantitative estimate of drug-likeness (QED) is 0.250. The van der Waals surface area contributed by atoms with Crippen LogP contribution in [0.15, 0.2) is 66.9 Å². The Labute approximate surface area is 218 Å². The molecule has 2 aliphatic rings. The van der Waals surface area contributed by atoms with E-state index in [-0.39, 0.29) is 23.6 Å². The van der Waals surface area contributed by atoms with Crippen molar-refractivity contribution >= 4 is 23.3 Å². The second-order valence-corrected chi connectivity index (χ2v) is 9.99. The molecule has 2 aromatic carbocycles. The molecule has 2 aliphatic heterocycles. The molecule has 4 rings (SSSR count). The average Bonchev–Trinajstić information content (AvgIpc) is 3.32. The summed E-state index contributed by atoms with van der Waals surface area (Å²) in [4.78, 5) is 42.9. The highest BCUT2D eigenvalue weighted by Gasteiger charge is 2.45. The van der Waals surface area contributed by atoms with Crippen molar-refractivity contribution in [3.63, 3.8) is 0 Å². The third-order valence-corrected chi connectivity index (χ3v) is 7.36. The molecule has 3 atom stereocenters. The molecule has 2 heterocycles. The number of hydrogen-bond donors (Lipinski definition) is 2. The average molecular weight is 502 g/mol. The van der Waals surface area contributed by atoms with E-state index in [4.69, 9.17) is 11.3 Å². The van der Waals surface area contributed by atoms with Crippen molar-refractivity contribution in [1.82, 2.24) is 14.8 Å². The smallest absolute Gasteiger partial charge is 0.260 e. The maximum Gasteiger partial charge on any atom is 0.260 e. The van der Waals surface area contributed by atoms with Gasteiger partial charge in [0.15, 0.2) is 5.78 Å². The Morgan fingerprint density at radius 2 is 1.76 bits per heavy atom. The number of hydrazine groups is 1. The minimum atomic E-state index is -0.916. The lowest BCUT2D eigenvalue weighted by Gasteiger charge is -2.43. The van der Waals surface area contributed by atoms with Gasteiger partial charge >= 0.3 is 0 Å². The molecular weight excluding hydrogens is 466 g/mol. The molecule has 0 aromatic heterocycles. The molecule has 8 nitrogen and oxygen atoms in total. The minimum Gasteiger partial charge on any atom is -0.357 e. The molecular formula is C29H35N5O3. The molecule has 0 saturated carbocycles. The number of piperazine rings is 1. The lowest BCUT2D eigenvalue weighted by Crippen LogP contribution is -2.57. The number of nitrogens with zero attached hydrogens (tertiary/aromatic N) is 3. The van der Waals surface area contributed by atoms with Gasteiger partial charge in [-0.1, -0.05) is 61.2 Å². The number of carbonyl (C=O) groups excluding carboxylic acids is 3. The maximum absolute atomic E-state index is 13.6. The van der Waals surface area contributed by atoms with Crippen LogP contribution in [0.2, 0.25) is 0 Å². The lowest BCUT2D eigenvalue weighted by atomic mass is 9.99. The number of ketones is 1. The summed E-state index contributed by atoms with van der Waals surface area (Å²) in [5.41, 5.74) is 3.62. The van der Waals surface area contributed by atoms with E-state index in [9.17, 15) is 14.4 Å². The highest BCUT2D eigenvalue weighted by Crippen LogP contribution is 2.34. The van der Waals surface area contributed by atoms with Gasteiger partial charge in [0.1, 0.15) is 12.1 Å². The minimum absolute atomic E-state index is 0.00472. The van der Waals surface area contributed by atoms with Gasteiger partial charge in [0.25, 0.3) is 5.91 Å². The van der Waals surface area contributed by atoms with Gasteiger partial charge in [-0.15, -0.1) is 0 Å². The fraction of sp³-hybridized carbons (Fsp3) is 0.379. The van der Waals surface area contributed by atoms with Gasteiger partial charge in [-0.05, 0) is 49.8 Å². The Balaban J connectivity index is 1.42. The fourth-order valence-corrected chi connectivity index (χ4v) is 5.45. The predicted octanol–water partition coefficient (Wildman–Crippen LogP) is 3.23. The van der Waals surface area contributed by atoms with E-state index >= 15 is 0 Å². The van der Waals surface area contributed by atoms with Gasteiger partial charge in [-0.3, -0.25) is 19.4 Å². The van der Waals surface area contributed by atoms with Crippen LogP contribution in [0.4, 0.5) is 0 Å². The van der Waals surface area contributed by atoms with E-state index in [1.54, 1.807) is 31.2 Å². The molecule has 2 aromatic rings. The van der Waals surface area contributed by atoms with Crippen LogP contribution in [0.1, 0.15) is 55.8 Å². The van der Waals surface area contributed by atoms with E-state index in [0.29, 0.717) is 43.6 Å². The summed E-state index contributed by atoms with van der Waals surface area (Å²) in [6, 6.07) is 15.5. The number of aryl methyl sites for hydroxylation is 1. The highest BCUT2D eigenvalue weighted by molar-refractivity contribution is 5.96. The molecule has 3 N–H and O–H groups in total. The van der Waals surface area contributed by atoms with E-state index in [0.717, 1.165) is 28.3 Å². The first-order valence-electron chi connectivity index (χ1n) is 12.7. The Hall–Kier alpha value is -3.78. The lowest BCUT2D eigenvalue weighted by molar-refractivity contribution is -0.144. The number of fused-ring (bicyclic) bond motifs is 1. The van der Waals surface area contributed by atoms with E-state index in [1.165, 1.54) is 6.92 Å². The molecule has 0 bridgehead atoms. The number of Topliss-reactive ketones (excluding diaryl/α,β-unsaturated/α-hetero) is 1. The van der Waals surface area contributed by atoms with Crippen molar-refractivity contribution < 1.29 is 14.4 Å². The van der Waals surface area contributed by atoms with E-state index < -0.39 is 12.1 Å². The number of amides is 2. The molecule has 2 saturated heterocycles. The third-order valence-electron chi connectivity index (χ3n) is 7.36. The molecule has 0 spiro atoms. The first kappa shape index (κ1) is 26.3. The van der Waals surface area contributed by atoms with Crippen molar-refractivity contribution in [3.05, 3.63) is 83.6 Å². The van der Waals surface area contributed by atoms with Gasteiger partial charge in [-0.25, -0.2) is 5.84 Å². The predicted molar refractivity (Wildman–Crippen MR) is 143 cm³/mol. The molecule has 0 aliphatic carbocycles. The van der Waals surface area contributed by atoms with Crippen LogP contribution in [0.5, 0.6) is 0 Å². The summed E-state index contributed by atoms with van der Waals surface area (Å²) in [6.07, 6.45) is 2.44. The normalized spacial score (nSPS) is 19.8. The molecule has 8 heteroatoms. The van der Waals surface area contributed by atoms with Crippen LogP contribution >= 0.6 is 0 Å². The molecule has 3 unspecified atom stereocenters. The van der Waals surface area contributed by atoms with E-state index in [2.05, 4.69) is 6.58 Å². The number of nitrogens with two attached hydrogens (primary N) is 1. The Morgan fingerprint density at radius 1 is 1.08 bits per heavy atom. The fourth-order valence-electron chi connectivity index (χ4n) is 5.45. The molecule has 0 radical (unpaired) electrons. The summed E-state index contributed by atoms with van der Waals surface area (Å²) < 4.78 is 0. The summed E-state index contributed by atoms with van der Waals surface area (Å²) in [7, 11) is 0. The van der Waals surface area contributed by atoms with Crippen molar-refractivity contribution in [2.45, 2.75) is 57.7 Å². The maximum atomic E-state index is 13.6. The van der Waals surface area contributed by atoms with Gasteiger partial charge in [0, 0.05) is 30.4 Å². The second kappa shape index (κ2) is 11.1. The SMILES string of the molecule is C=C1CN(C(=O)CCc2ccccc2)CC2CCC(C(=O)N(N)C(C(C)=O)c3ccc(C(C)=N)cc3)N12. The summed E-state index contributed by atoms with van der Waals surface area (Å²) >= 11 is 0. The number of carbonyl (C=O) groups is 3. The largest absolute Gasteiger partial charge is 0.357 e. The first-order chi connectivity index (χ1) is 17.7. The van der Waals surface area contributed by atoms with Gasteiger partial charge in [0.2, 0.25) is 5.91 Å². The van der Waals surface area contributed by atoms with Crippen LogP contribution in [0, 0.1) is 5.41 Å². The van der Waals surface area contributed by atoms with Gasteiger partial charge < -0.3 is 15.2 Å². The van der Waals surface area contributed by atoms with Gasteiger partial charge in [-0.2, -0.15) is 0 Å². The summed E-state index contributed by atoms with van der Waals surface area (Å²) in [6.45, 7) is 8.23. The first-order valence-corrected chi connectivity index (χ1v) is 12.7. The molecule has 2 fully saturated rings. The zero-order valence-electron chi connectivity index (χ0n) is 21.5. The van der Waals surface area contributed by atoms with Crippen molar-refractivity contribution in [1.29, 1.82) is 5.41 Å². The zero-order chi connectivity index (χ0) is 26.7. The number of nitrogens with one attached hydrogen (secondary N) is 1. The van der Waals surface area contributed by atoms with Crippen LogP contribution < -0.4 is 5.84 Å². The van der Waals surface area contributed by atoms with E-state index in [1.807, 2.05) is 40.1 Å². The number of rotatable bonds is 8. The molecule has 194 valence electrons. The zero-order valence-corrected chi connectivity index (χ0v) is 21.5. The Morgan fingerprint density at radius 3 is 2.38 bits per heavy atom. The van der Waals surface area contributed by atoms with Crippen LogP contribution in [0.25, 0.3) is 0 Å². The molecule has 2 amide bonds. The monoisotopic (exact) mass is 501 g/mol. The molecule has 37 heavy (non-hydrogen) atoms. The van der Waals surface area contributed by atoms with Gasteiger partial charge in [0.05, 0.1) is 6.54 Å². The number of benzene rings is 2. The van der Waals surface area contributed by atoms with Crippen molar-refractivity contribution in [3.8, 4) is 0 Å². The topological polar surface area (TPSA) is 111 Å². The third kappa shape index (κ3) is 5.64. The summed E-state index contributed by atoms with van der Waals surface area (Å²) in [5.74, 6) is 5.82. The Bertz CT molecular complexity index is 1190.